The van der Waals surface area contributed by atoms with E-state index in [2.05, 4.69) is 13.5 Å². The van der Waals surface area contributed by atoms with Crippen LogP contribution in [0.25, 0.3) is 0 Å². The van der Waals surface area contributed by atoms with E-state index in [1.54, 1.807) is 13.8 Å². The lowest BCUT2D eigenvalue weighted by molar-refractivity contribution is -0.00634. The molecule has 0 aromatic rings. The van der Waals surface area contributed by atoms with Crippen LogP contribution in [0, 0.1) is 5.41 Å². The molecule has 0 aliphatic carbocycles. The third-order valence-corrected chi connectivity index (χ3v) is 16.1. The summed E-state index contributed by atoms with van der Waals surface area (Å²) in [4.78, 5) is 0. The Balaban J connectivity index is 2.68. The highest BCUT2D eigenvalue weighted by Gasteiger charge is 2.64. The summed E-state index contributed by atoms with van der Waals surface area (Å²) in [6.07, 6.45) is 0. The van der Waals surface area contributed by atoms with Crippen molar-refractivity contribution in [3.05, 3.63) is 0 Å². The summed E-state index contributed by atoms with van der Waals surface area (Å²) in [7, 11) is -2.87. The molecular formula is C5H10Cl4N3O2P3. The van der Waals surface area contributed by atoms with E-state index in [4.69, 9.17) is 45.0 Å². The number of hydrogen-bond donors (Lipinski definition) is 2. The molecule has 2 heterocycles. The van der Waals surface area contributed by atoms with Gasteiger partial charge in [-0.15, -0.1) is 0 Å². The second kappa shape index (κ2) is 4.13. The maximum absolute atomic E-state index is 10.1. The average Bonchev–Trinajstić information content (AvgIpc) is 2.10. The van der Waals surface area contributed by atoms with E-state index in [0.29, 0.717) is 0 Å². The Labute approximate surface area is 118 Å². The van der Waals surface area contributed by atoms with Crippen LogP contribution >= 0.6 is 64.0 Å². The average molecular weight is 379 g/mol. The Kier molecular flexibility index (Phi) is 3.69. The smallest absolute Gasteiger partial charge is 0.255 e. The van der Waals surface area contributed by atoms with Crippen LogP contribution in [0.15, 0.2) is 13.5 Å². The summed E-state index contributed by atoms with van der Waals surface area (Å²) >= 11 is 23.7. The van der Waals surface area contributed by atoms with Crippen molar-refractivity contribution >= 4 is 64.0 Å². The van der Waals surface area contributed by atoms with E-state index >= 15 is 0 Å². The zero-order valence-electron chi connectivity index (χ0n) is 8.74. The van der Waals surface area contributed by atoms with Crippen LogP contribution in [0.2, 0.25) is 0 Å². The number of nitrogens with zero attached hydrogens (tertiary/aromatic N) is 3. The Morgan fingerprint density at radius 1 is 0.882 bits per heavy atom. The fourth-order valence-electron chi connectivity index (χ4n) is 1.89. The minimum Gasteiger partial charge on any atom is -0.384 e. The zero-order chi connectivity index (χ0) is 13.3. The van der Waals surface area contributed by atoms with Gasteiger partial charge in [0.1, 0.15) is 18.9 Å². The number of aliphatic hydroxyl groups excluding tert-OH is 2. The van der Waals surface area contributed by atoms with Crippen LogP contribution < -0.4 is 0 Å². The number of rotatable bonds is 0. The molecule has 5 nitrogen and oxygen atoms in total. The van der Waals surface area contributed by atoms with Crippen LogP contribution in [0.4, 0.5) is 0 Å². The van der Waals surface area contributed by atoms with Crippen LogP contribution in [0.1, 0.15) is 13.8 Å². The molecule has 17 heavy (non-hydrogen) atoms. The zero-order valence-corrected chi connectivity index (χ0v) is 14.5. The van der Waals surface area contributed by atoms with Gasteiger partial charge in [-0.25, -0.2) is 9.03 Å². The van der Waals surface area contributed by atoms with Gasteiger partial charge in [-0.05, 0) is 45.0 Å². The molecular weight excluding hydrogens is 369 g/mol. The molecule has 1 saturated heterocycles. The highest BCUT2D eigenvalue weighted by molar-refractivity contribution is 8.21. The first-order chi connectivity index (χ1) is 7.43. The molecule has 0 aromatic carbocycles. The summed E-state index contributed by atoms with van der Waals surface area (Å²) in [5.41, 5.74) is -0.723. The predicted molar refractivity (Wildman–Crippen MR) is 77.3 cm³/mol. The van der Waals surface area contributed by atoms with Crippen LogP contribution in [-0.4, -0.2) is 21.9 Å². The molecule has 2 atom stereocenters. The van der Waals surface area contributed by atoms with Gasteiger partial charge in [-0.1, -0.05) is 13.8 Å². The predicted octanol–water partition coefficient (Wildman–Crippen LogP) is 5.64. The normalized spacial score (nSPS) is 45.2. The highest BCUT2D eigenvalue weighted by atomic mass is 35.9. The summed E-state index contributed by atoms with van der Waals surface area (Å²) in [6.45, 7) is 3.41. The molecule has 2 aliphatic heterocycles. The van der Waals surface area contributed by atoms with Gasteiger partial charge in [0.05, 0.1) is 0 Å². The molecule has 12 heteroatoms. The monoisotopic (exact) mass is 377 g/mol. The molecule has 0 radical (unpaired) electrons. The molecule has 0 saturated carbocycles. The second-order valence-corrected chi connectivity index (χ2v) is 17.5. The minimum atomic E-state index is -3.06. The van der Waals surface area contributed by atoms with Crippen molar-refractivity contribution in [1.82, 2.24) is 0 Å². The number of aliphatic hydroxyl groups is 2. The quantitative estimate of drug-likeness (QED) is 0.535. The van der Waals surface area contributed by atoms with E-state index in [-0.39, 0.29) is 0 Å². The van der Waals surface area contributed by atoms with Gasteiger partial charge in [0.15, 0.2) is 0 Å². The summed E-state index contributed by atoms with van der Waals surface area (Å²) < 4.78 is 12.0. The molecule has 0 bridgehead atoms. The molecule has 2 N–H and O–H groups in total. The van der Waals surface area contributed by atoms with Gasteiger partial charge in [0, 0.05) is 5.41 Å². The third-order valence-electron chi connectivity index (χ3n) is 2.77. The van der Waals surface area contributed by atoms with Crippen molar-refractivity contribution in [3.8, 4) is 0 Å². The van der Waals surface area contributed by atoms with Gasteiger partial charge in [0.2, 0.25) is 0 Å². The fourth-order valence-corrected chi connectivity index (χ4v) is 19.6. The topological polar surface area (TPSA) is 77.5 Å². The van der Waals surface area contributed by atoms with Crippen molar-refractivity contribution in [1.29, 1.82) is 0 Å². The van der Waals surface area contributed by atoms with Crippen molar-refractivity contribution in [3.63, 3.8) is 0 Å². The van der Waals surface area contributed by atoms with Crippen LogP contribution in [0.3, 0.4) is 0 Å². The molecule has 0 aromatic heterocycles. The fraction of sp³-hybridized carbons (Fsp3) is 1.00. The van der Waals surface area contributed by atoms with Crippen molar-refractivity contribution in [2.75, 3.05) is 0 Å². The van der Waals surface area contributed by atoms with E-state index in [1.165, 1.54) is 0 Å². The molecule has 2 aliphatic rings. The van der Waals surface area contributed by atoms with Crippen molar-refractivity contribution in [2.45, 2.75) is 25.5 Å². The molecule has 2 unspecified atom stereocenters. The van der Waals surface area contributed by atoms with Crippen LogP contribution in [-0.2, 0) is 0 Å². The summed E-state index contributed by atoms with van der Waals surface area (Å²) in [5, 5.41) is 20.3. The van der Waals surface area contributed by atoms with Gasteiger partial charge < -0.3 is 10.2 Å². The largest absolute Gasteiger partial charge is 0.384 e. The van der Waals surface area contributed by atoms with Gasteiger partial charge >= 0.3 is 0 Å². The summed E-state index contributed by atoms with van der Waals surface area (Å²) in [5.74, 6) is -7.99. The standard InChI is InChI=1S/C5H10Cl4N3O2P3/c1-5(2)3(13)15(4(5)14)10-16(6,7)12-17(8,9)11-15/h3-4,13-14H,1-2H3. The van der Waals surface area contributed by atoms with Gasteiger partial charge in [-0.2, -0.15) is 4.52 Å². The van der Waals surface area contributed by atoms with Gasteiger partial charge in [-0.3, -0.25) is 0 Å². The number of halogens is 4. The van der Waals surface area contributed by atoms with Gasteiger partial charge in [0.25, 0.3) is 11.8 Å². The highest BCUT2D eigenvalue weighted by Crippen LogP contribution is 2.91. The maximum Gasteiger partial charge on any atom is 0.255 e. The van der Waals surface area contributed by atoms with E-state index in [9.17, 15) is 10.2 Å². The Morgan fingerprint density at radius 2 is 1.29 bits per heavy atom. The first-order valence-electron chi connectivity index (χ1n) is 4.49. The Bertz CT molecular complexity index is 511. The lowest BCUT2D eigenvalue weighted by atomic mass is 9.94. The van der Waals surface area contributed by atoms with Crippen molar-refractivity contribution < 1.29 is 10.2 Å². The molecule has 0 amide bonds. The molecule has 100 valence electrons. The van der Waals surface area contributed by atoms with Crippen molar-refractivity contribution in [2.24, 2.45) is 19.0 Å². The molecule has 2 rings (SSSR count). The second-order valence-electron chi connectivity index (χ2n) is 4.45. The Hall–Kier alpha value is 1.77. The lowest BCUT2D eigenvalue weighted by Gasteiger charge is -2.54. The minimum absolute atomic E-state index is 0.723. The van der Waals surface area contributed by atoms with E-state index < -0.39 is 36.1 Å². The lowest BCUT2D eigenvalue weighted by Crippen LogP contribution is -2.51. The SMILES string of the molecule is CC1(C)C(O)P2(=NP(Cl)(Cl)=NP(Cl)(Cl)=N2)C1O. The molecule has 1 fully saturated rings. The Morgan fingerprint density at radius 3 is 1.71 bits per heavy atom. The van der Waals surface area contributed by atoms with E-state index in [0.717, 1.165) is 0 Å². The summed E-state index contributed by atoms with van der Waals surface area (Å²) in [6, 6.07) is 0. The maximum atomic E-state index is 10.1. The third kappa shape index (κ3) is 2.31. The van der Waals surface area contributed by atoms with E-state index in [1.807, 2.05) is 0 Å². The number of hydrogen-bond acceptors (Lipinski definition) is 5. The molecule has 1 spiro atoms. The first kappa shape index (κ1) is 15.2. The first-order valence-corrected chi connectivity index (χ1v) is 13.3. The van der Waals surface area contributed by atoms with Crippen LogP contribution in [0.5, 0.6) is 0 Å².